The van der Waals surface area contributed by atoms with Crippen molar-refractivity contribution in [1.29, 1.82) is 0 Å². The molecule has 3 rings (SSSR count). The Morgan fingerprint density at radius 3 is 2.25 bits per heavy atom. The smallest absolute Gasteiger partial charge is 0.323 e. The average Bonchev–Trinajstić information content (AvgIpc) is 3.01. The van der Waals surface area contributed by atoms with Crippen LogP contribution in [0.2, 0.25) is 0 Å². The van der Waals surface area contributed by atoms with Crippen LogP contribution < -0.4 is 15.7 Å². The topological polar surface area (TPSA) is 124 Å². The molecule has 2 aromatic carbocycles. The first-order chi connectivity index (χ1) is 13.2. The van der Waals surface area contributed by atoms with Crippen LogP contribution in [0.25, 0.3) is 11.0 Å². The number of amides is 1. The van der Waals surface area contributed by atoms with E-state index in [-0.39, 0.29) is 16.8 Å². The first-order valence-electron chi connectivity index (χ1n) is 8.81. The van der Waals surface area contributed by atoms with Gasteiger partial charge in [-0.15, -0.1) is 0 Å². The summed E-state index contributed by atoms with van der Waals surface area (Å²) in [6, 6.07) is 10.5. The van der Waals surface area contributed by atoms with Crippen LogP contribution in [-0.2, 0) is 10.0 Å². The largest absolute Gasteiger partial charge is 0.349 e. The van der Waals surface area contributed by atoms with Gasteiger partial charge in [-0.2, -0.15) is 0 Å². The fourth-order valence-electron chi connectivity index (χ4n) is 2.54. The molecule has 1 aromatic heterocycles. The Balaban J connectivity index is 1.76. The van der Waals surface area contributed by atoms with Gasteiger partial charge >= 0.3 is 5.69 Å². The summed E-state index contributed by atoms with van der Waals surface area (Å²) >= 11 is 0. The summed E-state index contributed by atoms with van der Waals surface area (Å²) in [5, 5.41) is 2.90. The first kappa shape index (κ1) is 19.7. The summed E-state index contributed by atoms with van der Waals surface area (Å²) in [6.45, 7) is 5.96. The highest BCUT2D eigenvalue weighted by molar-refractivity contribution is 7.92. The molecule has 3 aromatic rings. The third-order valence-electron chi connectivity index (χ3n) is 4.56. The van der Waals surface area contributed by atoms with E-state index in [1.807, 2.05) is 20.8 Å². The number of benzene rings is 2. The van der Waals surface area contributed by atoms with Crippen molar-refractivity contribution in [3.05, 3.63) is 58.5 Å². The van der Waals surface area contributed by atoms with Gasteiger partial charge in [0.2, 0.25) is 0 Å². The van der Waals surface area contributed by atoms with Gasteiger partial charge in [-0.05, 0) is 55.3 Å². The lowest BCUT2D eigenvalue weighted by Gasteiger charge is -2.17. The summed E-state index contributed by atoms with van der Waals surface area (Å²) in [7, 11) is -3.85. The highest BCUT2D eigenvalue weighted by Gasteiger charge is 2.17. The molecule has 148 valence electrons. The highest BCUT2D eigenvalue weighted by Crippen LogP contribution is 2.19. The van der Waals surface area contributed by atoms with Crippen LogP contribution in [0.15, 0.2) is 52.2 Å². The summed E-state index contributed by atoms with van der Waals surface area (Å²) in [5.41, 5.74) is 1.30. The van der Waals surface area contributed by atoms with Crippen molar-refractivity contribution < 1.29 is 13.2 Å². The molecule has 0 aliphatic rings. The third kappa shape index (κ3) is 4.25. The van der Waals surface area contributed by atoms with Crippen molar-refractivity contribution in [3.8, 4) is 0 Å². The SMILES string of the molecule is CC(C)C(C)NC(=O)c1ccc(NS(=O)(=O)c2ccc3[nH]c(=O)[nH]c3c2)cc1. The number of anilines is 1. The van der Waals surface area contributed by atoms with Gasteiger partial charge in [0.05, 0.1) is 15.9 Å². The van der Waals surface area contributed by atoms with Crippen molar-refractivity contribution in [3.63, 3.8) is 0 Å². The van der Waals surface area contributed by atoms with Gasteiger partial charge in [0.1, 0.15) is 0 Å². The Labute approximate surface area is 162 Å². The van der Waals surface area contributed by atoms with Crippen LogP contribution >= 0.6 is 0 Å². The van der Waals surface area contributed by atoms with E-state index >= 15 is 0 Å². The molecule has 0 aliphatic carbocycles. The van der Waals surface area contributed by atoms with Gasteiger partial charge in [0.15, 0.2) is 0 Å². The Morgan fingerprint density at radius 1 is 0.964 bits per heavy atom. The van der Waals surface area contributed by atoms with Crippen LogP contribution in [0.4, 0.5) is 5.69 Å². The predicted molar refractivity (Wildman–Crippen MR) is 108 cm³/mol. The number of sulfonamides is 1. The molecule has 8 nitrogen and oxygen atoms in total. The van der Waals surface area contributed by atoms with E-state index < -0.39 is 15.7 Å². The summed E-state index contributed by atoms with van der Waals surface area (Å²) in [6.07, 6.45) is 0. The molecule has 0 radical (unpaired) electrons. The Bertz CT molecular complexity index is 1160. The molecule has 1 amide bonds. The van der Waals surface area contributed by atoms with Crippen molar-refractivity contribution in [1.82, 2.24) is 15.3 Å². The van der Waals surface area contributed by atoms with Gasteiger partial charge in [0, 0.05) is 17.3 Å². The lowest BCUT2D eigenvalue weighted by molar-refractivity contribution is 0.0930. The summed E-state index contributed by atoms with van der Waals surface area (Å²) in [4.78, 5) is 28.7. The van der Waals surface area contributed by atoms with Crippen LogP contribution in [0.5, 0.6) is 0 Å². The fourth-order valence-corrected chi connectivity index (χ4v) is 3.62. The van der Waals surface area contributed by atoms with Gasteiger partial charge < -0.3 is 15.3 Å². The van der Waals surface area contributed by atoms with Crippen molar-refractivity contribution in [2.75, 3.05) is 4.72 Å². The molecule has 0 saturated carbocycles. The second-order valence-electron chi connectivity index (χ2n) is 6.98. The van der Waals surface area contributed by atoms with Crippen molar-refractivity contribution in [2.24, 2.45) is 5.92 Å². The zero-order valence-electron chi connectivity index (χ0n) is 15.7. The van der Waals surface area contributed by atoms with Gasteiger partial charge in [-0.1, -0.05) is 13.8 Å². The molecule has 9 heteroatoms. The third-order valence-corrected chi connectivity index (χ3v) is 5.93. The van der Waals surface area contributed by atoms with E-state index in [0.717, 1.165) is 0 Å². The fraction of sp³-hybridized carbons (Fsp3) is 0.263. The van der Waals surface area contributed by atoms with Crippen LogP contribution in [0, 0.1) is 5.92 Å². The molecule has 0 saturated heterocycles. The molecule has 1 unspecified atom stereocenters. The number of hydrogen-bond donors (Lipinski definition) is 4. The Kier molecular flexibility index (Phi) is 5.28. The number of aromatic nitrogens is 2. The molecular formula is C19H22N4O4S. The number of carbonyl (C=O) groups excluding carboxylic acids is 1. The van der Waals surface area contributed by atoms with Crippen molar-refractivity contribution >= 4 is 32.7 Å². The summed E-state index contributed by atoms with van der Waals surface area (Å²) in [5.74, 6) is 0.0970. The lowest BCUT2D eigenvalue weighted by atomic mass is 10.1. The average molecular weight is 402 g/mol. The lowest BCUT2D eigenvalue weighted by Crippen LogP contribution is -2.36. The maximum atomic E-state index is 12.6. The maximum Gasteiger partial charge on any atom is 0.323 e. The number of carbonyl (C=O) groups is 1. The van der Waals surface area contributed by atoms with Crippen LogP contribution in [0.1, 0.15) is 31.1 Å². The number of rotatable bonds is 6. The van der Waals surface area contributed by atoms with Gasteiger partial charge in [-0.3, -0.25) is 9.52 Å². The number of H-pyrrole nitrogens is 2. The minimum atomic E-state index is -3.85. The van der Waals surface area contributed by atoms with Crippen molar-refractivity contribution in [2.45, 2.75) is 31.7 Å². The molecule has 28 heavy (non-hydrogen) atoms. The highest BCUT2D eigenvalue weighted by atomic mass is 32.2. The van der Waals surface area contributed by atoms with E-state index in [9.17, 15) is 18.0 Å². The van der Waals surface area contributed by atoms with E-state index in [1.165, 1.54) is 30.3 Å². The number of fused-ring (bicyclic) bond motifs is 1. The second-order valence-corrected chi connectivity index (χ2v) is 8.66. The Morgan fingerprint density at radius 2 is 1.61 bits per heavy atom. The minimum absolute atomic E-state index is 0.0165. The number of nitrogens with one attached hydrogen (secondary N) is 4. The van der Waals surface area contributed by atoms with Gasteiger partial charge in [-0.25, -0.2) is 13.2 Å². The maximum absolute atomic E-state index is 12.6. The zero-order valence-corrected chi connectivity index (χ0v) is 16.6. The normalized spacial score (nSPS) is 12.9. The summed E-state index contributed by atoms with van der Waals surface area (Å²) < 4.78 is 27.7. The minimum Gasteiger partial charge on any atom is -0.349 e. The van der Waals surface area contributed by atoms with E-state index in [0.29, 0.717) is 28.2 Å². The van der Waals surface area contributed by atoms with E-state index in [4.69, 9.17) is 0 Å². The molecule has 0 spiro atoms. The first-order valence-corrected chi connectivity index (χ1v) is 10.3. The Hall–Kier alpha value is -3.07. The van der Waals surface area contributed by atoms with E-state index in [1.54, 1.807) is 12.1 Å². The second kappa shape index (κ2) is 7.51. The standard InChI is InChI=1S/C19H22N4O4S/c1-11(2)12(3)20-18(24)13-4-6-14(7-5-13)23-28(26,27)15-8-9-16-17(10-15)22-19(25)21-16/h4-12,23H,1-3H3,(H,20,24)(H2,21,22,25). The monoisotopic (exact) mass is 402 g/mol. The molecular weight excluding hydrogens is 380 g/mol. The molecule has 0 fully saturated rings. The number of imidazole rings is 1. The molecule has 0 aliphatic heterocycles. The quantitative estimate of drug-likeness (QED) is 0.505. The predicted octanol–water partition coefficient (Wildman–Crippen LogP) is 2.43. The molecule has 1 heterocycles. The van der Waals surface area contributed by atoms with Crippen LogP contribution in [-0.4, -0.2) is 30.3 Å². The molecule has 4 N–H and O–H groups in total. The van der Waals surface area contributed by atoms with Crippen LogP contribution in [0.3, 0.4) is 0 Å². The molecule has 1 atom stereocenters. The zero-order chi connectivity index (χ0) is 20.5. The molecule has 0 bridgehead atoms. The number of hydrogen-bond acceptors (Lipinski definition) is 4. The van der Waals surface area contributed by atoms with Gasteiger partial charge in [0.25, 0.3) is 15.9 Å². The van der Waals surface area contributed by atoms with E-state index in [2.05, 4.69) is 20.0 Å². The number of aromatic amines is 2.